The van der Waals surface area contributed by atoms with Crippen molar-refractivity contribution < 1.29 is 9.90 Å². The molecule has 1 aliphatic rings. The Morgan fingerprint density at radius 1 is 1.62 bits per heavy atom. The van der Waals surface area contributed by atoms with Crippen LogP contribution >= 0.6 is 11.3 Å². The smallest absolute Gasteiger partial charge is 0.346 e. The summed E-state index contributed by atoms with van der Waals surface area (Å²) in [6.07, 6.45) is 0.963. The Morgan fingerprint density at radius 3 is 3.00 bits per heavy atom. The van der Waals surface area contributed by atoms with Crippen LogP contribution in [0.3, 0.4) is 0 Å². The van der Waals surface area contributed by atoms with Crippen LogP contribution in [-0.4, -0.2) is 17.6 Å². The zero-order valence-electron chi connectivity index (χ0n) is 7.39. The normalized spacial score (nSPS) is 15.5. The average Bonchev–Trinajstić information content (AvgIpc) is 2.45. The highest BCUT2D eigenvalue weighted by Gasteiger charge is 2.20. The van der Waals surface area contributed by atoms with Crippen molar-refractivity contribution >= 4 is 17.3 Å². The van der Waals surface area contributed by atoms with E-state index in [9.17, 15) is 4.79 Å². The predicted molar refractivity (Wildman–Crippen MR) is 51.4 cm³/mol. The van der Waals surface area contributed by atoms with Crippen molar-refractivity contribution in [3.05, 3.63) is 20.9 Å². The van der Waals surface area contributed by atoms with Gasteiger partial charge in [0.15, 0.2) is 0 Å². The van der Waals surface area contributed by atoms with Crippen molar-refractivity contribution in [3.8, 4) is 0 Å². The van der Waals surface area contributed by atoms with Gasteiger partial charge >= 0.3 is 5.97 Å². The number of carboxylic acids is 1. The van der Waals surface area contributed by atoms with Gasteiger partial charge in [-0.25, -0.2) is 4.79 Å². The van der Waals surface area contributed by atoms with Crippen molar-refractivity contribution in [2.75, 3.05) is 6.54 Å². The van der Waals surface area contributed by atoms with Crippen LogP contribution in [0.2, 0.25) is 0 Å². The highest BCUT2D eigenvalue weighted by atomic mass is 32.1. The van der Waals surface area contributed by atoms with Gasteiger partial charge in [0.1, 0.15) is 4.88 Å². The fourth-order valence-electron chi connectivity index (χ4n) is 1.70. The molecule has 13 heavy (non-hydrogen) atoms. The molecule has 0 aliphatic carbocycles. The molecule has 0 aromatic carbocycles. The Labute approximate surface area is 80.4 Å². The summed E-state index contributed by atoms with van der Waals surface area (Å²) in [5.41, 5.74) is 2.22. The minimum atomic E-state index is -0.795. The molecule has 0 atom stereocenters. The van der Waals surface area contributed by atoms with Crippen molar-refractivity contribution in [1.29, 1.82) is 0 Å². The van der Waals surface area contributed by atoms with Crippen LogP contribution in [0.15, 0.2) is 0 Å². The highest BCUT2D eigenvalue weighted by molar-refractivity contribution is 7.14. The summed E-state index contributed by atoms with van der Waals surface area (Å²) in [6.45, 7) is 3.70. The van der Waals surface area contributed by atoms with Crippen molar-refractivity contribution in [3.63, 3.8) is 0 Å². The first kappa shape index (κ1) is 8.72. The number of hydrogen-bond donors (Lipinski definition) is 2. The molecule has 0 bridgehead atoms. The van der Waals surface area contributed by atoms with Gasteiger partial charge in [0.2, 0.25) is 0 Å². The van der Waals surface area contributed by atoms with Crippen LogP contribution in [0.5, 0.6) is 0 Å². The molecule has 0 fully saturated rings. The number of rotatable bonds is 1. The lowest BCUT2D eigenvalue weighted by Crippen LogP contribution is -2.22. The topological polar surface area (TPSA) is 49.3 Å². The number of nitrogens with one attached hydrogen (secondary N) is 1. The maximum atomic E-state index is 10.8. The average molecular weight is 197 g/mol. The molecular formula is C9H11NO2S. The van der Waals surface area contributed by atoms with Crippen LogP contribution < -0.4 is 5.32 Å². The van der Waals surface area contributed by atoms with E-state index in [-0.39, 0.29) is 0 Å². The lowest BCUT2D eigenvalue weighted by atomic mass is 10.0. The number of thiophene rings is 1. The molecule has 2 rings (SSSR count). The van der Waals surface area contributed by atoms with Crippen LogP contribution in [-0.2, 0) is 13.0 Å². The molecule has 2 heterocycles. The predicted octanol–water partition coefficient (Wildman–Crippen LogP) is 1.40. The Kier molecular flexibility index (Phi) is 2.09. The highest BCUT2D eigenvalue weighted by Crippen LogP contribution is 2.30. The third kappa shape index (κ3) is 1.36. The molecule has 0 saturated heterocycles. The molecule has 1 aromatic rings. The Bertz CT molecular complexity index is 357. The molecule has 0 radical (unpaired) electrons. The van der Waals surface area contributed by atoms with Gasteiger partial charge < -0.3 is 10.4 Å². The Balaban J connectivity index is 2.50. The second-order valence-electron chi connectivity index (χ2n) is 3.19. The molecule has 1 aromatic heterocycles. The molecule has 0 spiro atoms. The van der Waals surface area contributed by atoms with E-state index in [1.807, 2.05) is 6.92 Å². The SMILES string of the molecule is Cc1c(C(=O)O)sc2c1CCNC2. The Morgan fingerprint density at radius 2 is 2.38 bits per heavy atom. The second kappa shape index (κ2) is 3.12. The van der Waals surface area contributed by atoms with Gasteiger partial charge in [0, 0.05) is 11.4 Å². The number of carboxylic acid groups (broad SMARTS) is 1. The van der Waals surface area contributed by atoms with Crippen molar-refractivity contribution in [2.45, 2.75) is 19.9 Å². The quantitative estimate of drug-likeness (QED) is 0.715. The summed E-state index contributed by atoms with van der Waals surface area (Å²) in [7, 11) is 0. The lowest BCUT2D eigenvalue weighted by Gasteiger charge is -2.12. The van der Waals surface area contributed by atoms with Gasteiger partial charge in [-0.05, 0) is 31.0 Å². The van der Waals surface area contributed by atoms with E-state index >= 15 is 0 Å². The summed E-state index contributed by atoms with van der Waals surface area (Å²) in [6, 6.07) is 0. The van der Waals surface area contributed by atoms with E-state index in [2.05, 4.69) is 5.32 Å². The van der Waals surface area contributed by atoms with E-state index in [0.29, 0.717) is 4.88 Å². The largest absolute Gasteiger partial charge is 0.477 e. The second-order valence-corrected chi connectivity index (χ2v) is 4.30. The van der Waals surface area contributed by atoms with E-state index in [1.54, 1.807) is 0 Å². The van der Waals surface area contributed by atoms with E-state index in [1.165, 1.54) is 21.8 Å². The zero-order valence-corrected chi connectivity index (χ0v) is 8.20. The molecule has 4 heteroatoms. The number of carbonyl (C=O) groups is 1. The fourth-order valence-corrected chi connectivity index (χ4v) is 2.86. The molecule has 2 N–H and O–H groups in total. The molecule has 0 unspecified atom stereocenters. The van der Waals surface area contributed by atoms with Crippen LogP contribution in [0.4, 0.5) is 0 Å². The number of hydrogen-bond acceptors (Lipinski definition) is 3. The third-order valence-corrected chi connectivity index (χ3v) is 3.71. The summed E-state index contributed by atoms with van der Waals surface area (Å²) in [5.74, 6) is -0.795. The first-order valence-electron chi connectivity index (χ1n) is 4.25. The Hall–Kier alpha value is -0.870. The third-order valence-electron chi connectivity index (χ3n) is 2.39. The molecule has 3 nitrogen and oxygen atoms in total. The lowest BCUT2D eigenvalue weighted by molar-refractivity contribution is 0.0701. The van der Waals surface area contributed by atoms with Gasteiger partial charge in [0.05, 0.1) is 0 Å². The first-order chi connectivity index (χ1) is 6.20. The summed E-state index contributed by atoms with van der Waals surface area (Å²) in [4.78, 5) is 12.5. The molecule has 0 saturated carbocycles. The van der Waals surface area contributed by atoms with Gasteiger partial charge in [-0.15, -0.1) is 11.3 Å². The first-order valence-corrected chi connectivity index (χ1v) is 5.07. The van der Waals surface area contributed by atoms with Gasteiger partial charge in [-0.3, -0.25) is 0 Å². The molecule has 1 aliphatic heterocycles. The standard InChI is InChI=1S/C9H11NO2S/c1-5-6-2-3-10-4-7(6)13-8(5)9(11)12/h10H,2-4H2,1H3,(H,11,12). The summed E-state index contributed by atoms with van der Waals surface area (Å²) >= 11 is 1.41. The van der Waals surface area contributed by atoms with Crippen LogP contribution in [0.1, 0.15) is 25.7 Å². The van der Waals surface area contributed by atoms with Gasteiger partial charge in [0.25, 0.3) is 0 Å². The number of aromatic carboxylic acids is 1. The van der Waals surface area contributed by atoms with Crippen LogP contribution in [0.25, 0.3) is 0 Å². The maximum absolute atomic E-state index is 10.8. The zero-order chi connectivity index (χ0) is 9.42. The summed E-state index contributed by atoms with van der Waals surface area (Å²) < 4.78 is 0. The fraction of sp³-hybridized carbons (Fsp3) is 0.444. The van der Waals surface area contributed by atoms with E-state index in [4.69, 9.17) is 5.11 Å². The number of fused-ring (bicyclic) bond motifs is 1. The van der Waals surface area contributed by atoms with E-state index in [0.717, 1.165) is 25.1 Å². The minimum Gasteiger partial charge on any atom is -0.477 e. The molecule has 0 amide bonds. The van der Waals surface area contributed by atoms with E-state index < -0.39 is 5.97 Å². The summed E-state index contributed by atoms with van der Waals surface area (Å²) in [5, 5.41) is 12.1. The van der Waals surface area contributed by atoms with Gasteiger partial charge in [-0.1, -0.05) is 0 Å². The van der Waals surface area contributed by atoms with Crippen molar-refractivity contribution in [2.24, 2.45) is 0 Å². The molecule has 70 valence electrons. The van der Waals surface area contributed by atoms with Crippen LogP contribution in [0, 0.1) is 6.92 Å². The maximum Gasteiger partial charge on any atom is 0.346 e. The van der Waals surface area contributed by atoms with Gasteiger partial charge in [-0.2, -0.15) is 0 Å². The monoisotopic (exact) mass is 197 g/mol. The van der Waals surface area contributed by atoms with Crippen molar-refractivity contribution in [1.82, 2.24) is 5.32 Å². The minimum absolute atomic E-state index is 0.508. The molecular weight excluding hydrogens is 186 g/mol.